The Balaban J connectivity index is 2.07. The van der Waals surface area contributed by atoms with Crippen molar-refractivity contribution in [1.29, 1.82) is 0 Å². The van der Waals surface area contributed by atoms with Gasteiger partial charge in [-0.05, 0) is 17.9 Å². The van der Waals surface area contributed by atoms with E-state index in [0.717, 1.165) is 5.56 Å². The molecule has 0 aliphatic heterocycles. The number of fused-ring (bicyclic) bond motifs is 1. The maximum Gasteiger partial charge on any atom is 0.252 e. The van der Waals surface area contributed by atoms with E-state index in [-0.39, 0.29) is 11.9 Å². The highest BCUT2D eigenvalue weighted by atomic mass is 16.3. The second kappa shape index (κ2) is 5.96. The average Bonchev–Trinajstić information content (AvgIpc) is 2.97. The van der Waals surface area contributed by atoms with E-state index in [0.29, 0.717) is 35.4 Å². The summed E-state index contributed by atoms with van der Waals surface area (Å²) in [6.45, 7) is 0. The zero-order chi connectivity index (χ0) is 16.4. The SMILES string of the molecule is NC(=O)c1coc2c1/C(=N/N=C(N)N)CC(c1ccccc1)C2. The van der Waals surface area contributed by atoms with Gasteiger partial charge in [-0.1, -0.05) is 30.3 Å². The number of carbonyl (C=O) groups is 1. The lowest BCUT2D eigenvalue weighted by Gasteiger charge is -2.23. The number of amides is 1. The predicted octanol–water partition coefficient (Wildman–Crippen LogP) is 1.09. The van der Waals surface area contributed by atoms with Crippen LogP contribution in [-0.2, 0) is 6.42 Å². The Hall–Kier alpha value is -3.09. The maximum absolute atomic E-state index is 11.6. The number of guanidine groups is 1. The molecule has 1 atom stereocenters. The van der Waals surface area contributed by atoms with Crippen LogP contribution in [0.5, 0.6) is 0 Å². The molecule has 2 aromatic rings. The Morgan fingerprint density at radius 2 is 1.87 bits per heavy atom. The lowest BCUT2D eigenvalue weighted by atomic mass is 9.81. The highest BCUT2D eigenvalue weighted by Crippen LogP contribution is 2.35. The molecule has 1 unspecified atom stereocenters. The first-order chi connectivity index (χ1) is 11.1. The van der Waals surface area contributed by atoms with E-state index in [2.05, 4.69) is 10.2 Å². The summed E-state index contributed by atoms with van der Waals surface area (Å²) < 4.78 is 5.54. The molecule has 0 bridgehead atoms. The number of furan rings is 1. The van der Waals surface area contributed by atoms with E-state index in [1.165, 1.54) is 6.26 Å². The van der Waals surface area contributed by atoms with Crippen LogP contribution in [0.15, 0.2) is 51.2 Å². The lowest BCUT2D eigenvalue weighted by molar-refractivity contribution is 0.0999. The van der Waals surface area contributed by atoms with E-state index < -0.39 is 5.91 Å². The molecule has 1 aromatic carbocycles. The Labute approximate surface area is 132 Å². The van der Waals surface area contributed by atoms with Gasteiger partial charge in [0.2, 0.25) is 5.96 Å². The van der Waals surface area contributed by atoms with Crippen LogP contribution in [0.3, 0.4) is 0 Å². The minimum Gasteiger partial charge on any atom is -0.468 e. The molecule has 1 amide bonds. The summed E-state index contributed by atoms with van der Waals surface area (Å²) in [7, 11) is 0. The van der Waals surface area contributed by atoms with Gasteiger partial charge in [-0.25, -0.2) is 0 Å². The van der Waals surface area contributed by atoms with Crippen molar-refractivity contribution in [2.24, 2.45) is 27.4 Å². The second-order valence-corrected chi connectivity index (χ2v) is 5.40. The molecule has 1 aliphatic carbocycles. The molecule has 118 valence electrons. The molecular weight excluding hydrogens is 294 g/mol. The third-order valence-electron chi connectivity index (χ3n) is 3.85. The zero-order valence-corrected chi connectivity index (χ0v) is 12.4. The van der Waals surface area contributed by atoms with Crippen molar-refractivity contribution in [2.75, 3.05) is 0 Å². The summed E-state index contributed by atoms with van der Waals surface area (Å²) in [5.41, 5.74) is 18.8. The largest absolute Gasteiger partial charge is 0.468 e. The topological polar surface area (TPSA) is 133 Å². The Bertz CT molecular complexity index is 788. The molecule has 3 rings (SSSR count). The van der Waals surface area contributed by atoms with Gasteiger partial charge in [-0.15, -0.1) is 5.10 Å². The number of nitrogens with two attached hydrogens (primary N) is 3. The summed E-state index contributed by atoms with van der Waals surface area (Å²) in [4.78, 5) is 11.6. The van der Waals surface area contributed by atoms with Gasteiger partial charge in [0.25, 0.3) is 5.91 Å². The van der Waals surface area contributed by atoms with Crippen molar-refractivity contribution in [3.8, 4) is 0 Å². The lowest BCUT2D eigenvalue weighted by Crippen LogP contribution is -2.24. The van der Waals surface area contributed by atoms with Crippen LogP contribution < -0.4 is 17.2 Å². The normalized spacial score (nSPS) is 18.4. The molecular formula is C16H17N5O2. The number of benzene rings is 1. The highest BCUT2D eigenvalue weighted by Gasteiger charge is 2.31. The van der Waals surface area contributed by atoms with Gasteiger partial charge in [-0.2, -0.15) is 5.10 Å². The number of primary amides is 1. The van der Waals surface area contributed by atoms with E-state index >= 15 is 0 Å². The van der Waals surface area contributed by atoms with Gasteiger partial charge < -0.3 is 21.6 Å². The first kappa shape index (κ1) is 14.8. The van der Waals surface area contributed by atoms with Crippen molar-refractivity contribution < 1.29 is 9.21 Å². The fourth-order valence-corrected chi connectivity index (χ4v) is 2.85. The van der Waals surface area contributed by atoms with Crippen LogP contribution >= 0.6 is 0 Å². The minimum atomic E-state index is -0.564. The molecule has 7 nitrogen and oxygen atoms in total. The summed E-state index contributed by atoms with van der Waals surface area (Å²) in [5, 5.41) is 7.82. The maximum atomic E-state index is 11.6. The number of nitrogens with zero attached hydrogens (tertiary/aromatic N) is 2. The first-order valence-corrected chi connectivity index (χ1v) is 7.17. The van der Waals surface area contributed by atoms with Crippen molar-refractivity contribution in [2.45, 2.75) is 18.8 Å². The number of rotatable bonds is 3. The van der Waals surface area contributed by atoms with Crippen molar-refractivity contribution in [1.82, 2.24) is 0 Å². The summed E-state index contributed by atoms with van der Waals surface area (Å²) in [5.74, 6) is 0.127. The molecule has 1 heterocycles. The Kier molecular flexibility index (Phi) is 3.84. The Morgan fingerprint density at radius 3 is 2.52 bits per heavy atom. The van der Waals surface area contributed by atoms with Crippen LogP contribution in [-0.4, -0.2) is 17.6 Å². The number of hydrogen-bond acceptors (Lipinski definition) is 4. The van der Waals surface area contributed by atoms with Gasteiger partial charge in [0, 0.05) is 6.42 Å². The molecule has 0 saturated heterocycles. The Morgan fingerprint density at radius 1 is 1.13 bits per heavy atom. The van der Waals surface area contributed by atoms with Crippen LogP contribution in [0.2, 0.25) is 0 Å². The van der Waals surface area contributed by atoms with Crippen molar-refractivity contribution in [3.63, 3.8) is 0 Å². The number of carbonyl (C=O) groups excluding carboxylic acids is 1. The monoisotopic (exact) mass is 311 g/mol. The van der Waals surface area contributed by atoms with Crippen LogP contribution in [0.1, 0.15) is 39.6 Å². The molecule has 0 fully saturated rings. The predicted molar refractivity (Wildman–Crippen MR) is 87.1 cm³/mol. The van der Waals surface area contributed by atoms with E-state index in [4.69, 9.17) is 21.6 Å². The third kappa shape index (κ3) is 2.94. The summed E-state index contributed by atoms with van der Waals surface area (Å²) in [6, 6.07) is 10.0. The molecule has 1 aromatic heterocycles. The molecule has 0 saturated carbocycles. The molecule has 1 aliphatic rings. The highest BCUT2D eigenvalue weighted by molar-refractivity contribution is 6.11. The molecule has 0 radical (unpaired) electrons. The zero-order valence-electron chi connectivity index (χ0n) is 12.4. The third-order valence-corrected chi connectivity index (χ3v) is 3.85. The van der Waals surface area contributed by atoms with Crippen LogP contribution in [0.25, 0.3) is 0 Å². The molecule has 6 N–H and O–H groups in total. The smallest absolute Gasteiger partial charge is 0.252 e. The van der Waals surface area contributed by atoms with Crippen LogP contribution in [0.4, 0.5) is 0 Å². The minimum absolute atomic E-state index is 0.148. The molecule has 7 heteroatoms. The van der Waals surface area contributed by atoms with E-state index in [1.54, 1.807) is 0 Å². The van der Waals surface area contributed by atoms with Crippen LogP contribution in [0, 0.1) is 0 Å². The average molecular weight is 311 g/mol. The van der Waals surface area contributed by atoms with E-state index in [9.17, 15) is 4.79 Å². The van der Waals surface area contributed by atoms with Gasteiger partial charge in [0.1, 0.15) is 12.0 Å². The summed E-state index contributed by atoms with van der Waals surface area (Å²) in [6.07, 6.45) is 2.62. The van der Waals surface area contributed by atoms with Gasteiger partial charge in [0.15, 0.2) is 0 Å². The molecule has 23 heavy (non-hydrogen) atoms. The molecule has 0 spiro atoms. The standard InChI is InChI=1S/C16H17N5O2/c17-15(22)11-8-23-13-7-10(9-4-2-1-3-5-9)6-12(14(11)13)20-21-16(18)19/h1-5,8,10H,6-7H2,(H2,17,22)(H4,18,19,21)/b20-12+. The number of hydrogen-bond donors (Lipinski definition) is 3. The van der Waals surface area contributed by atoms with Gasteiger partial charge in [-0.3, -0.25) is 4.79 Å². The van der Waals surface area contributed by atoms with Gasteiger partial charge >= 0.3 is 0 Å². The van der Waals surface area contributed by atoms with Crippen molar-refractivity contribution >= 4 is 17.6 Å². The first-order valence-electron chi connectivity index (χ1n) is 7.17. The van der Waals surface area contributed by atoms with E-state index in [1.807, 2.05) is 30.3 Å². The van der Waals surface area contributed by atoms with Crippen molar-refractivity contribution in [3.05, 3.63) is 59.0 Å². The van der Waals surface area contributed by atoms with Gasteiger partial charge in [0.05, 0.1) is 16.8 Å². The fraction of sp³-hybridized carbons (Fsp3) is 0.188. The summed E-state index contributed by atoms with van der Waals surface area (Å²) >= 11 is 0. The fourth-order valence-electron chi connectivity index (χ4n) is 2.85. The second-order valence-electron chi connectivity index (χ2n) is 5.40. The quantitative estimate of drug-likeness (QED) is 0.444.